The van der Waals surface area contributed by atoms with E-state index in [-0.39, 0.29) is 11.5 Å². The van der Waals surface area contributed by atoms with Gasteiger partial charge in [0.05, 0.1) is 18.1 Å². The maximum absolute atomic E-state index is 12.7. The Balaban J connectivity index is 1.73. The van der Waals surface area contributed by atoms with Crippen LogP contribution >= 0.6 is 0 Å². The summed E-state index contributed by atoms with van der Waals surface area (Å²) in [4.78, 5) is 12.6. The van der Waals surface area contributed by atoms with Gasteiger partial charge in [-0.25, -0.2) is 13.2 Å². The molecule has 0 spiro atoms. The number of sulfonamides is 1. The van der Waals surface area contributed by atoms with Crippen molar-refractivity contribution in [1.29, 1.82) is 0 Å². The summed E-state index contributed by atoms with van der Waals surface area (Å²) in [6, 6.07) is 6.46. The first-order valence-electron chi connectivity index (χ1n) is 8.71. The van der Waals surface area contributed by atoms with Crippen molar-refractivity contribution < 1.29 is 27.1 Å². The largest absolute Gasteiger partial charge is 0.465 e. The van der Waals surface area contributed by atoms with Gasteiger partial charge in [0.15, 0.2) is 0 Å². The molecule has 0 saturated carbocycles. The maximum atomic E-state index is 12.7. The Labute approximate surface area is 158 Å². The number of furan rings is 1. The van der Waals surface area contributed by atoms with Crippen LogP contribution in [0.15, 0.2) is 33.6 Å². The number of carbonyl (C=O) groups excluding carboxylic acids is 1. The summed E-state index contributed by atoms with van der Waals surface area (Å²) in [6.45, 7) is 6.73. The second-order valence-corrected chi connectivity index (χ2v) is 8.39. The second-order valence-electron chi connectivity index (χ2n) is 6.45. The Morgan fingerprint density at radius 3 is 2.48 bits per heavy atom. The molecule has 146 valence electrons. The number of ether oxygens (including phenoxy) is 2. The summed E-state index contributed by atoms with van der Waals surface area (Å²) >= 11 is 0. The molecule has 1 aromatic carbocycles. The highest BCUT2D eigenvalue weighted by molar-refractivity contribution is 7.89. The van der Waals surface area contributed by atoms with Gasteiger partial charge in [0.2, 0.25) is 10.0 Å². The zero-order chi connectivity index (χ0) is 19.6. The van der Waals surface area contributed by atoms with Gasteiger partial charge in [-0.1, -0.05) is 12.1 Å². The van der Waals surface area contributed by atoms with E-state index < -0.39 is 16.0 Å². The minimum atomic E-state index is -3.59. The standard InChI is InChI=1S/C19H23NO6S/c1-13-14(2)26-15(3)18(13)19(21)25-12-16-5-4-6-17(11-16)27(22,23)20-7-9-24-10-8-20/h4-6,11H,7-10,12H2,1-3H3. The Hall–Kier alpha value is -2.16. The summed E-state index contributed by atoms with van der Waals surface area (Å²) in [5, 5.41) is 0. The molecule has 0 radical (unpaired) electrons. The lowest BCUT2D eigenvalue weighted by Gasteiger charge is -2.26. The molecule has 1 saturated heterocycles. The Bertz CT molecular complexity index is 941. The number of benzene rings is 1. The molecule has 8 heteroatoms. The summed E-state index contributed by atoms with van der Waals surface area (Å²) in [6.07, 6.45) is 0. The van der Waals surface area contributed by atoms with Gasteiger partial charge in [0.25, 0.3) is 0 Å². The molecule has 0 atom stereocenters. The number of esters is 1. The van der Waals surface area contributed by atoms with Crippen LogP contribution in [0.4, 0.5) is 0 Å². The van der Waals surface area contributed by atoms with Gasteiger partial charge < -0.3 is 13.9 Å². The lowest BCUT2D eigenvalue weighted by Crippen LogP contribution is -2.40. The quantitative estimate of drug-likeness (QED) is 0.726. The molecule has 0 unspecified atom stereocenters. The molecule has 1 aliphatic heterocycles. The van der Waals surface area contributed by atoms with Crippen molar-refractivity contribution in [3.8, 4) is 0 Å². The molecule has 7 nitrogen and oxygen atoms in total. The first-order valence-corrected chi connectivity index (χ1v) is 10.1. The van der Waals surface area contributed by atoms with E-state index in [9.17, 15) is 13.2 Å². The fourth-order valence-electron chi connectivity index (χ4n) is 3.05. The van der Waals surface area contributed by atoms with Gasteiger partial charge in [-0.05, 0) is 38.5 Å². The molecule has 27 heavy (non-hydrogen) atoms. The molecule has 2 aromatic rings. The van der Waals surface area contributed by atoms with Crippen LogP contribution in [0.25, 0.3) is 0 Å². The molecule has 1 aliphatic rings. The van der Waals surface area contributed by atoms with Crippen LogP contribution in [-0.2, 0) is 26.1 Å². The van der Waals surface area contributed by atoms with Crippen molar-refractivity contribution >= 4 is 16.0 Å². The van der Waals surface area contributed by atoms with E-state index in [0.29, 0.717) is 49.0 Å². The highest BCUT2D eigenvalue weighted by Gasteiger charge is 2.26. The Kier molecular flexibility index (Phi) is 5.69. The van der Waals surface area contributed by atoms with Crippen LogP contribution in [0.1, 0.15) is 33.0 Å². The SMILES string of the molecule is Cc1oc(C)c(C(=O)OCc2cccc(S(=O)(=O)N3CCOCC3)c2)c1C. The fourth-order valence-corrected chi connectivity index (χ4v) is 4.53. The van der Waals surface area contributed by atoms with Crippen LogP contribution in [-0.4, -0.2) is 45.0 Å². The smallest absolute Gasteiger partial charge is 0.342 e. The van der Waals surface area contributed by atoms with Gasteiger partial charge >= 0.3 is 5.97 Å². The van der Waals surface area contributed by atoms with E-state index >= 15 is 0 Å². The van der Waals surface area contributed by atoms with E-state index in [4.69, 9.17) is 13.9 Å². The molecule has 1 aromatic heterocycles. The zero-order valence-electron chi connectivity index (χ0n) is 15.6. The number of morpholine rings is 1. The van der Waals surface area contributed by atoms with Gasteiger partial charge in [0, 0.05) is 18.7 Å². The van der Waals surface area contributed by atoms with Crippen LogP contribution < -0.4 is 0 Å². The van der Waals surface area contributed by atoms with Crippen LogP contribution in [0.5, 0.6) is 0 Å². The minimum Gasteiger partial charge on any atom is -0.465 e. The van der Waals surface area contributed by atoms with Crippen molar-refractivity contribution in [3.05, 3.63) is 52.5 Å². The molecule has 0 bridgehead atoms. The van der Waals surface area contributed by atoms with E-state index in [1.165, 1.54) is 4.31 Å². The highest BCUT2D eigenvalue weighted by atomic mass is 32.2. The molecule has 1 fully saturated rings. The van der Waals surface area contributed by atoms with E-state index in [2.05, 4.69) is 0 Å². The predicted octanol–water partition coefficient (Wildman–Crippen LogP) is 2.58. The molecule has 3 rings (SSSR count). The number of carbonyl (C=O) groups is 1. The highest BCUT2D eigenvalue weighted by Crippen LogP contribution is 2.23. The van der Waals surface area contributed by atoms with Gasteiger partial charge in [-0.3, -0.25) is 0 Å². The number of nitrogens with zero attached hydrogens (tertiary/aromatic N) is 1. The first kappa shape index (κ1) is 19.6. The predicted molar refractivity (Wildman–Crippen MR) is 98.1 cm³/mol. The number of rotatable bonds is 5. The Morgan fingerprint density at radius 1 is 1.15 bits per heavy atom. The molecule has 0 N–H and O–H groups in total. The van der Waals surface area contributed by atoms with E-state index in [1.807, 2.05) is 0 Å². The summed E-state index contributed by atoms with van der Waals surface area (Å²) < 4.78 is 42.9. The summed E-state index contributed by atoms with van der Waals surface area (Å²) in [5.74, 6) is 0.708. The number of aryl methyl sites for hydroxylation is 2. The van der Waals surface area contributed by atoms with E-state index in [0.717, 1.165) is 5.56 Å². The van der Waals surface area contributed by atoms with Crippen molar-refractivity contribution in [1.82, 2.24) is 4.31 Å². The van der Waals surface area contributed by atoms with Gasteiger partial charge in [-0.15, -0.1) is 0 Å². The van der Waals surface area contributed by atoms with Crippen LogP contribution in [0, 0.1) is 20.8 Å². The van der Waals surface area contributed by atoms with Crippen molar-refractivity contribution in [3.63, 3.8) is 0 Å². The van der Waals surface area contributed by atoms with Gasteiger partial charge in [0.1, 0.15) is 23.7 Å². The summed E-state index contributed by atoms with van der Waals surface area (Å²) in [5.41, 5.74) is 1.78. The minimum absolute atomic E-state index is 0.0194. The topological polar surface area (TPSA) is 86.0 Å². The lowest BCUT2D eigenvalue weighted by molar-refractivity contribution is 0.0469. The third-order valence-corrected chi connectivity index (χ3v) is 6.54. The van der Waals surface area contributed by atoms with Crippen molar-refractivity contribution in [2.75, 3.05) is 26.3 Å². The maximum Gasteiger partial charge on any atom is 0.342 e. The number of hydrogen-bond acceptors (Lipinski definition) is 6. The third kappa shape index (κ3) is 4.07. The normalized spacial score (nSPS) is 15.7. The van der Waals surface area contributed by atoms with Gasteiger partial charge in [-0.2, -0.15) is 4.31 Å². The zero-order valence-corrected chi connectivity index (χ0v) is 16.5. The van der Waals surface area contributed by atoms with Crippen molar-refractivity contribution in [2.45, 2.75) is 32.3 Å². The van der Waals surface area contributed by atoms with Crippen LogP contribution in [0.3, 0.4) is 0 Å². The Morgan fingerprint density at radius 2 is 1.85 bits per heavy atom. The average molecular weight is 393 g/mol. The first-order chi connectivity index (χ1) is 12.8. The molecule has 0 amide bonds. The number of hydrogen-bond donors (Lipinski definition) is 0. The monoisotopic (exact) mass is 393 g/mol. The van der Waals surface area contributed by atoms with E-state index in [1.54, 1.807) is 45.0 Å². The molecule has 0 aliphatic carbocycles. The molecule has 2 heterocycles. The second kappa shape index (κ2) is 7.84. The fraction of sp³-hybridized carbons (Fsp3) is 0.421. The molecular formula is C19H23NO6S. The lowest BCUT2D eigenvalue weighted by atomic mass is 10.1. The van der Waals surface area contributed by atoms with Crippen LogP contribution in [0.2, 0.25) is 0 Å². The average Bonchev–Trinajstić information content (AvgIpc) is 2.92. The molecular weight excluding hydrogens is 370 g/mol. The summed E-state index contributed by atoms with van der Waals surface area (Å²) in [7, 11) is -3.59. The van der Waals surface area contributed by atoms with Crippen molar-refractivity contribution in [2.24, 2.45) is 0 Å². The third-order valence-electron chi connectivity index (χ3n) is 4.64.